The third-order valence-corrected chi connectivity index (χ3v) is 6.71. The Bertz CT molecular complexity index is 1580. The van der Waals surface area contributed by atoms with Gasteiger partial charge in [0.1, 0.15) is 11.4 Å². The van der Waals surface area contributed by atoms with Crippen LogP contribution in [0, 0.1) is 12.7 Å². The van der Waals surface area contributed by atoms with Gasteiger partial charge in [-0.25, -0.2) is 14.4 Å². The number of benzene rings is 2. The zero-order valence-electron chi connectivity index (χ0n) is 20.8. The van der Waals surface area contributed by atoms with Gasteiger partial charge in [-0.2, -0.15) is 5.10 Å². The van der Waals surface area contributed by atoms with Crippen LogP contribution in [0.3, 0.4) is 0 Å². The Morgan fingerprint density at radius 2 is 1.76 bits per heavy atom. The van der Waals surface area contributed by atoms with Crippen LogP contribution in [0.25, 0.3) is 33.3 Å². The average Bonchev–Trinajstić information content (AvgIpc) is 3.41. The van der Waals surface area contributed by atoms with E-state index < -0.39 is 11.6 Å². The van der Waals surface area contributed by atoms with Gasteiger partial charge in [0.05, 0.1) is 33.7 Å². The lowest BCUT2D eigenvalue weighted by atomic mass is 10.0. The fraction of sp³-hybridized carbons (Fsp3) is 0.214. The minimum absolute atomic E-state index is 0.324. The summed E-state index contributed by atoms with van der Waals surface area (Å²) >= 11 is 6.74. The zero-order chi connectivity index (χ0) is 26.3. The Morgan fingerprint density at radius 1 is 1.03 bits per heavy atom. The molecule has 3 aromatic heterocycles. The monoisotopic (exact) mass is 516 g/mol. The van der Waals surface area contributed by atoms with Crippen LogP contribution >= 0.6 is 11.6 Å². The maximum Gasteiger partial charge on any atom is 0.159 e. The molecule has 5 aromatic rings. The Morgan fingerprint density at radius 3 is 2.43 bits per heavy atom. The molecule has 9 heteroatoms. The number of nitrogens with one attached hydrogen (secondary N) is 2. The molecule has 0 saturated heterocycles. The summed E-state index contributed by atoms with van der Waals surface area (Å²) in [6.07, 6.45) is 5.08. The summed E-state index contributed by atoms with van der Waals surface area (Å²) < 4.78 is 14.9. The highest BCUT2D eigenvalue weighted by molar-refractivity contribution is 6.35. The van der Waals surface area contributed by atoms with E-state index in [1.807, 2.05) is 38.1 Å². The lowest BCUT2D eigenvalue weighted by Gasteiger charge is -2.21. The summed E-state index contributed by atoms with van der Waals surface area (Å²) in [4.78, 5) is 13.3. The largest absolute Gasteiger partial charge is 0.382 e. The minimum atomic E-state index is -1.13. The van der Waals surface area contributed by atoms with Gasteiger partial charge in [-0.3, -0.25) is 10.1 Å². The van der Waals surface area contributed by atoms with Gasteiger partial charge >= 0.3 is 0 Å². The fourth-order valence-corrected chi connectivity index (χ4v) is 4.43. The molecule has 0 spiro atoms. The molecule has 0 bridgehead atoms. The number of hydrogen-bond donors (Lipinski definition) is 3. The molecule has 37 heavy (non-hydrogen) atoms. The van der Waals surface area contributed by atoms with E-state index in [1.54, 1.807) is 44.6 Å². The van der Waals surface area contributed by atoms with Crippen molar-refractivity contribution in [2.45, 2.75) is 39.3 Å². The first kappa shape index (κ1) is 24.8. The number of aliphatic hydroxyl groups is 1. The summed E-state index contributed by atoms with van der Waals surface area (Å²) in [6, 6.07) is 12.2. The van der Waals surface area contributed by atoms with Crippen LogP contribution in [-0.2, 0) is 5.60 Å². The quantitative estimate of drug-likeness (QED) is 0.235. The number of rotatable bonds is 6. The topological polar surface area (TPSA) is 99.6 Å². The molecule has 0 fully saturated rings. The number of H-pyrrole nitrogens is 1. The highest BCUT2D eigenvalue weighted by atomic mass is 35.5. The van der Waals surface area contributed by atoms with Crippen molar-refractivity contribution in [3.05, 3.63) is 89.0 Å². The predicted octanol–water partition coefficient (Wildman–Crippen LogP) is 6.58. The van der Waals surface area contributed by atoms with Crippen LogP contribution < -0.4 is 5.32 Å². The molecule has 3 heterocycles. The highest BCUT2D eigenvalue weighted by Gasteiger charge is 2.20. The predicted molar refractivity (Wildman–Crippen MR) is 144 cm³/mol. The second-order valence-corrected chi connectivity index (χ2v) is 9.91. The Kier molecular flexibility index (Phi) is 6.39. The first-order chi connectivity index (χ1) is 17.6. The van der Waals surface area contributed by atoms with Crippen LogP contribution in [0.5, 0.6) is 0 Å². The number of nitrogens with zero attached hydrogens (tertiary/aromatic N) is 4. The molecule has 2 aromatic carbocycles. The van der Waals surface area contributed by atoms with Crippen molar-refractivity contribution in [2.75, 3.05) is 5.32 Å². The number of hydrogen-bond acceptors (Lipinski definition) is 6. The number of aromatic nitrogens is 5. The van der Waals surface area contributed by atoms with Crippen molar-refractivity contribution < 1.29 is 9.50 Å². The minimum Gasteiger partial charge on any atom is -0.382 e. The molecule has 1 atom stereocenters. The number of pyridine rings is 1. The molecule has 7 nitrogen and oxygen atoms in total. The smallest absolute Gasteiger partial charge is 0.159 e. The first-order valence-electron chi connectivity index (χ1n) is 11.8. The summed E-state index contributed by atoms with van der Waals surface area (Å²) in [7, 11) is 0. The molecule has 0 unspecified atom stereocenters. The van der Waals surface area contributed by atoms with Gasteiger partial charge in [-0.05, 0) is 69.7 Å². The first-order valence-corrected chi connectivity index (χ1v) is 12.2. The van der Waals surface area contributed by atoms with E-state index in [0.717, 1.165) is 33.3 Å². The van der Waals surface area contributed by atoms with Gasteiger partial charge in [-0.15, -0.1) is 0 Å². The Hall–Kier alpha value is -3.88. The molecule has 0 saturated carbocycles. The number of aromatic amines is 1. The standard InChI is InChI=1S/C28H26ClFN6O/c1-15(20-12-18(5-7-22(20)30)23-9-10-33-36-23)35-26-21-11-17(6-8-24(21)34-16(2)25(26)29)19-13-31-27(32-14-19)28(3,4)37/h5-15,37H,1-4H3,(H,33,36)(H,34,35)/t15-/m1/s1. The Balaban J connectivity index is 1.55. The van der Waals surface area contributed by atoms with Crippen LogP contribution in [0.4, 0.5) is 10.1 Å². The molecular formula is C28H26ClFN6O. The van der Waals surface area contributed by atoms with E-state index in [0.29, 0.717) is 27.8 Å². The van der Waals surface area contributed by atoms with Crippen molar-refractivity contribution in [3.8, 4) is 22.4 Å². The van der Waals surface area contributed by atoms with E-state index in [9.17, 15) is 9.50 Å². The summed E-state index contributed by atoms with van der Waals surface area (Å²) in [5.41, 5.74) is 4.63. The maximum atomic E-state index is 14.9. The van der Waals surface area contributed by atoms with Crippen molar-refractivity contribution in [3.63, 3.8) is 0 Å². The van der Waals surface area contributed by atoms with E-state index in [-0.39, 0.29) is 5.82 Å². The average molecular weight is 517 g/mol. The molecule has 5 rings (SSSR count). The van der Waals surface area contributed by atoms with Gasteiger partial charge < -0.3 is 10.4 Å². The third kappa shape index (κ3) is 4.90. The molecule has 0 aliphatic carbocycles. The number of halogens is 2. The zero-order valence-corrected chi connectivity index (χ0v) is 21.6. The molecular weight excluding hydrogens is 491 g/mol. The normalized spacial score (nSPS) is 12.6. The third-order valence-electron chi connectivity index (χ3n) is 6.24. The number of anilines is 1. The number of fused-ring (bicyclic) bond motifs is 1. The second-order valence-electron chi connectivity index (χ2n) is 9.53. The van der Waals surface area contributed by atoms with Crippen molar-refractivity contribution in [2.24, 2.45) is 0 Å². The van der Waals surface area contributed by atoms with E-state index in [2.05, 4.69) is 30.5 Å². The van der Waals surface area contributed by atoms with Crippen LogP contribution in [0.1, 0.15) is 43.9 Å². The molecule has 0 amide bonds. The lowest BCUT2D eigenvalue weighted by Crippen LogP contribution is -2.19. The molecule has 0 radical (unpaired) electrons. The van der Waals surface area contributed by atoms with Crippen LogP contribution in [0.15, 0.2) is 61.1 Å². The van der Waals surface area contributed by atoms with Crippen molar-refractivity contribution in [1.82, 2.24) is 25.1 Å². The number of aryl methyl sites for hydroxylation is 1. The molecule has 0 aliphatic rings. The van der Waals surface area contributed by atoms with E-state index in [4.69, 9.17) is 11.6 Å². The van der Waals surface area contributed by atoms with Gasteiger partial charge in [0, 0.05) is 40.7 Å². The molecule has 3 N–H and O–H groups in total. The van der Waals surface area contributed by atoms with E-state index >= 15 is 0 Å². The van der Waals surface area contributed by atoms with E-state index in [1.165, 1.54) is 6.07 Å². The highest BCUT2D eigenvalue weighted by Crippen LogP contribution is 2.37. The lowest BCUT2D eigenvalue weighted by molar-refractivity contribution is 0.0687. The van der Waals surface area contributed by atoms with Crippen LogP contribution in [0.2, 0.25) is 5.02 Å². The summed E-state index contributed by atoms with van der Waals surface area (Å²) in [6.45, 7) is 7.01. The molecule has 188 valence electrons. The fourth-order valence-electron chi connectivity index (χ4n) is 4.23. The maximum absolute atomic E-state index is 14.9. The second kappa shape index (κ2) is 9.53. The van der Waals surface area contributed by atoms with Crippen LogP contribution in [-0.4, -0.2) is 30.3 Å². The van der Waals surface area contributed by atoms with Crippen molar-refractivity contribution in [1.29, 1.82) is 0 Å². The summed E-state index contributed by atoms with van der Waals surface area (Å²) in [5, 5.41) is 21.8. The van der Waals surface area contributed by atoms with Gasteiger partial charge in [0.2, 0.25) is 0 Å². The van der Waals surface area contributed by atoms with Gasteiger partial charge in [0.15, 0.2) is 5.82 Å². The SMILES string of the molecule is Cc1nc2ccc(-c3cnc(C(C)(C)O)nc3)cc2c(N[C@H](C)c2cc(-c3cc[nH]n3)ccc2F)c1Cl. The Labute approximate surface area is 218 Å². The van der Waals surface area contributed by atoms with Gasteiger partial charge in [0.25, 0.3) is 0 Å². The van der Waals surface area contributed by atoms with Crippen molar-refractivity contribution >= 4 is 28.2 Å². The molecule has 0 aliphatic heterocycles. The summed E-state index contributed by atoms with van der Waals surface area (Å²) in [5.74, 6) is 0.0166. The van der Waals surface area contributed by atoms with Gasteiger partial charge in [-0.1, -0.05) is 17.7 Å².